The van der Waals surface area contributed by atoms with Crippen molar-refractivity contribution >= 4 is 0 Å². The predicted octanol–water partition coefficient (Wildman–Crippen LogP) is 6.85. The van der Waals surface area contributed by atoms with E-state index in [2.05, 4.69) is 13.8 Å². The lowest BCUT2D eigenvalue weighted by Crippen LogP contribution is -2.17. The Morgan fingerprint density at radius 3 is 1.18 bits per heavy atom. The van der Waals surface area contributed by atoms with Gasteiger partial charge in [0.05, 0.1) is 69.1 Å². The lowest BCUT2D eigenvalue weighted by atomic mass is 9.85. The van der Waals surface area contributed by atoms with Crippen LogP contribution in [0.25, 0.3) is 0 Å². The maximum Gasteiger partial charge on any atom is 0.203 e. The Kier molecular flexibility index (Phi) is 11.0. The van der Waals surface area contributed by atoms with Crippen molar-refractivity contribution in [3.8, 4) is 51.7 Å². The maximum absolute atomic E-state index is 6.75. The Balaban J connectivity index is 1.61. The first-order chi connectivity index (χ1) is 21.7. The van der Waals surface area contributed by atoms with Crippen molar-refractivity contribution in [2.24, 2.45) is 11.8 Å². The summed E-state index contributed by atoms with van der Waals surface area (Å²) in [4.78, 5) is 0. The van der Waals surface area contributed by atoms with E-state index in [4.69, 9.17) is 47.4 Å². The van der Waals surface area contributed by atoms with E-state index >= 15 is 0 Å². The largest absolute Gasteiger partial charge is 0.493 e. The third-order valence-electron chi connectivity index (χ3n) is 8.47. The van der Waals surface area contributed by atoms with Crippen LogP contribution in [0, 0.1) is 11.8 Å². The van der Waals surface area contributed by atoms with Gasteiger partial charge in [0.15, 0.2) is 34.5 Å². The third-order valence-corrected chi connectivity index (χ3v) is 8.47. The summed E-state index contributed by atoms with van der Waals surface area (Å²) in [6.07, 6.45) is -0.100. The molecule has 0 spiro atoms. The van der Waals surface area contributed by atoms with E-state index in [1.165, 1.54) is 0 Å². The summed E-state index contributed by atoms with van der Waals surface area (Å²) < 4.78 is 58.1. The van der Waals surface area contributed by atoms with E-state index in [0.717, 1.165) is 16.7 Å². The molecule has 1 aliphatic heterocycles. The molecule has 10 heteroatoms. The number of ether oxygens (including phenoxy) is 10. The van der Waals surface area contributed by atoms with Crippen molar-refractivity contribution in [2.75, 3.05) is 56.9 Å². The lowest BCUT2D eigenvalue weighted by Gasteiger charge is -2.23. The second kappa shape index (κ2) is 14.7. The molecule has 5 atom stereocenters. The van der Waals surface area contributed by atoms with Gasteiger partial charge in [0.2, 0.25) is 17.2 Å². The molecular formula is C35H46O10. The molecule has 1 aliphatic rings. The molecule has 1 fully saturated rings. The number of methoxy groups -OCH3 is 8. The minimum atomic E-state index is -0.243. The van der Waals surface area contributed by atoms with Gasteiger partial charge in [-0.2, -0.15) is 0 Å². The summed E-state index contributed by atoms with van der Waals surface area (Å²) >= 11 is 0. The first-order valence-electron chi connectivity index (χ1n) is 14.8. The van der Waals surface area contributed by atoms with Crippen LogP contribution in [0.1, 0.15) is 49.7 Å². The van der Waals surface area contributed by atoms with Gasteiger partial charge in [-0.15, -0.1) is 0 Å². The van der Waals surface area contributed by atoms with Crippen molar-refractivity contribution in [1.82, 2.24) is 0 Å². The van der Waals surface area contributed by atoms with Crippen molar-refractivity contribution in [1.29, 1.82) is 0 Å². The summed E-state index contributed by atoms with van der Waals surface area (Å²) in [5.74, 6) is 5.42. The Labute approximate surface area is 266 Å². The number of hydrogen-bond donors (Lipinski definition) is 0. The lowest BCUT2D eigenvalue weighted by molar-refractivity contribution is 0.0285. The Hall–Kier alpha value is -4.18. The van der Waals surface area contributed by atoms with E-state index in [1.54, 1.807) is 56.9 Å². The normalized spacial score (nSPS) is 19.8. The van der Waals surface area contributed by atoms with Gasteiger partial charge < -0.3 is 47.4 Å². The molecule has 4 rings (SSSR count). The van der Waals surface area contributed by atoms with Gasteiger partial charge in [-0.1, -0.05) is 13.8 Å². The van der Waals surface area contributed by atoms with E-state index < -0.39 is 0 Å². The molecule has 3 aromatic rings. The number of benzene rings is 3. The van der Waals surface area contributed by atoms with Gasteiger partial charge in [0.25, 0.3) is 0 Å². The average Bonchev–Trinajstić information content (AvgIpc) is 3.36. The molecule has 0 saturated carbocycles. The van der Waals surface area contributed by atoms with Crippen LogP contribution in [0.5, 0.6) is 51.7 Å². The van der Waals surface area contributed by atoms with Crippen LogP contribution >= 0.6 is 0 Å². The molecule has 1 unspecified atom stereocenters. The Morgan fingerprint density at radius 1 is 0.511 bits per heavy atom. The summed E-state index contributed by atoms with van der Waals surface area (Å²) in [5.41, 5.74) is 2.85. The standard InChI is InChI=1S/C35H46O10/c1-19(12-22-13-25(36-4)33(42-10)26(14-22)37-5)44-35-29(40-8)17-24(18-30(35)41-9)32-21(3)20(2)31(45-32)23-15-27(38-6)34(43-11)28(16-23)39-7/h13-21,31-32H,12H2,1-11H3/t19?,20-,21-,31+,32-/m1/s1. The molecule has 3 aromatic carbocycles. The van der Waals surface area contributed by atoms with E-state index in [0.29, 0.717) is 58.2 Å². The van der Waals surface area contributed by atoms with Crippen LogP contribution in [0.2, 0.25) is 0 Å². The molecular weight excluding hydrogens is 580 g/mol. The van der Waals surface area contributed by atoms with Crippen LogP contribution < -0.4 is 42.6 Å². The SMILES string of the molecule is COc1cc(CC(C)Oc2c(OC)cc([C@@H]3O[C@H](c4cc(OC)c(OC)c(OC)c4)[C@H](C)[C@H]3C)cc2OC)cc(OC)c1OC. The second-order valence-electron chi connectivity index (χ2n) is 11.1. The van der Waals surface area contributed by atoms with Gasteiger partial charge in [0, 0.05) is 6.42 Å². The minimum absolute atomic E-state index is 0.175. The molecule has 45 heavy (non-hydrogen) atoms. The average molecular weight is 627 g/mol. The van der Waals surface area contributed by atoms with Crippen LogP contribution in [-0.4, -0.2) is 63.0 Å². The molecule has 246 valence electrons. The molecule has 0 N–H and O–H groups in total. The Bertz CT molecular complexity index is 1380. The van der Waals surface area contributed by atoms with Crippen LogP contribution in [0.3, 0.4) is 0 Å². The Morgan fingerprint density at radius 2 is 0.844 bits per heavy atom. The van der Waals surface area contributed by atoms with Gasteiger partial charge in [-0.25, -0.2) is 0 Å². The topological polar surface area (TPSA) is 92.3 Å². The molecule has 1 heterocycles. The summed E-state index contributed by atoms with van der Waals surface area (Å²) in [7, 11) is 12.8. The minimum Gasteiger partial charge on any atom is -0.493 e. The highest BCUT2D eigenvalue weighted by atomic mass is 16.6. The number of rotatable bonds is 14. The molecule has 0 amide bonds. The fourth-order valence-corrected chi connectivity index (χ4v) is 6.00. The van der Waals surface area contributed by atoms with Gasteiger partial charge in [-0.3, -0.25) is 0 Å². The summed E-state index contributed by atoms with van der Waals surface area (Å²) in [6.45, 7) is 6.37. The van der Waals surface area contributed by atoms with Crippen molar-refractivity contribution in [3.05, 3.63) is 53.1 Å². The monoisotopic (exact) mass is 626 g/mol. The van der Waals surface area contributed by atoms with Crippen molar-refractivity contribution in [2.45, 2.75) is 45.5 Å². The molecule has 0 aliphatic carbocycles. The zero-order valence-electron chi connectivity index (χ0n) is 28.1. The fourth-order valence-electron chi connectivity index (χ4n) is 6.00. The predicted molar refractivity (Wildman–Crippen MR) is 170 cm³/mol. The fraction of sp³-hybridized carbons (Fsp3) is 0.486. The van der Waals surface area contributed by atoms with E-state index in [9.17, 15) is 0 Å². The molecule has 0 radical (unpaired) electrons. The van der Waals surface area contributed by atoms with Crippen molar-refractivity contribution in [3.63, 3.8) is 0 Å². The highest BCUT2D eigenvalue weighted by Crippen LogP contribution is 2.53. The zero-order chi connectivity index (χ0) is 32.8. The summed E-state index contributed by atoms with van der Waals surface area (Å²) in [6, 6.07) is 11.7. The van der Waals surface area contributed by atoms with E-state index in [-0.39, 0.29) is 30.1 Å². The van der Waals surface area contributed by atoms with Crippen LogP contribution in [0.4, 0.5) is 0 Å². The third kappa shape index (κ3) is 6.76. The quantitative estimate of drug-likeness (QED) is 0.189. The number of hydrogen-bond acceptors (Lipinski definition) is 10. The van der Waals surface area contributed by atoms with Gasteiger partial charge in [0.1, 0.15) is 6.10 Å². The molecule has 0 aromatic heterocycles. The highest BCUT2D eigenvalue weighted by molar-refractivity contribution is 5.57. The molecule has 1 saturated heterocycles. The first-order valence-corrected chi connectivity index (χ1v) is 14.8. The van der Waals surface area contributed by atoms with Crippen LogP contribution in [0.15, 0.2) is 36.4 Å². The smallest absolute Gasteiger partial charge is 0.203 e. The highest BCUT2D eigenvalue weighted by Gasteiger charge is 2.42. The van der Waals surface area contributed by atoms with Gasteiger partial charge in [-0.05, 0) is 71.8 Å². The van der Waals surface area contributed by atoms with Crippen molar-refractivity contribution < 1.29 is 47.4 Å². The molecule has 10 nitrogen and oxygen atoms in total. The second-order valence-corrected chi connectivity index (χ2v) is 11.1. The molecule has 0 bridgehead atoms. The van der Waals surface area contributed by atoms with Crippen LogP contribution in [-0.2, 0) is 11.2 Å². The van der Waals surface area contributed by atoms with E-state index in [1.807, 2.05) is 43.3 Å². The zero-order valence-corrected chi connectivity index (χ0v) is 28.1. The van der Waals surface area contributed by atoms with Gasteiger partial charge >= 0.3 is 0 Å². The summed E-state index contributed by atoms with van der Waals surface area (Å²) in [5, 5.41) is 0. The first kappa shape index (κ1) is 33.7. The maximum atomic E-state index is 6.75.